The molecule has 1 aromatic rings. The molecule has 0 spiro atoms. The molecule has 0 aromatic heterocycles. The highest BCUT2D eigenvalue weighted by atomic mass is 32.2. The molecule has 72 valence electrons. The van der Waals surface area contributed by atoms with Gasteiger partial charge in [-0.15, -0.1) is 0 Å². The van der Waals surface area contributed by atoms with E-state index in [0.717, 1.165) is 5.56 Å². The van der Waals surface area contributed by atoms with E-state index in [-0.39, 0.29) is 0 Å². The summed E-state index contributed by atoms with van der Waals surface area (Å²) in [5.41, 5.74) is 1.06. The summed E-state index contributed by atoms with van der Waals surface area (Å²) in [5.74, 6) is 0.890. The van der Waals surface area contributed by atoms with Gasteiger partial charge in [0, 0.05) is 22.3 Å². The summed E-state index contributed by atoms with van der Waals surface area (Å²) < 4.78 is 11.4. The fourth-order valence-corrected chi connectivity index (χ4v) is 2.31. The number of hydrogen-bond acceptors (Lipinski definition) is 2. The largest absolute Gasteiger partial charge is 0.392 e. The van der Waals surface area contributed by atoms with Gasteiger partial charge < -0.3 is 5.11 Å². The van der Waals surface area contributed by atoms with Crippen molar-refractivity contribution in [2.45, 2.75) is 18.8 Å². The van der Waals surface area contributed by atoms with Crippen molar-refractivity contribution in [1.82, 2.24) is 0 Å². The minimum atomic E-state index is -0.951. The Balaban J connectivity index is 2.46. The van der Waals surface area contributed by atoms with E-state index < -0.39 is 16.9 Å². The monoisotopic (exact) mass is 198 g/mol. The maximum atomic E-state index is 11.4. The van der Waals surface area contributed by atoms with Gasteiger partial charge in [-0.2, -0.15) is 0 Å². The van der Waals surface area contributed by atoms with E-state index >= 15 is 0 Å². The lowest BCUT2D eigenvalue weighted by atomic mass is 10.2. The molecule has 0 fully saturated rings. The van der Waals surface area contributed by atoms with Crippen LogP contribution in [0.3, 0.4) is 0 Å². The third kappa shape index (κ3) is 4.20. The predicted octanol–water partition coefficient (Wildman–Crippen LogP) is 1.32. The zero-order chi connectivity index (χ0) is 9.68. The van der Waals surface area contributed by atoms with E-state index in [1.807, 2.05) is 30.3 Å². The molecular formula is C10H14O2S. The highest BCUT2D eigenvalue weighted by Gasteiger charge is 2.04. The van der Waals surface area contributed by atoms with Crippen LogP contribution >= 0.6 is 0 Å². The Kier molecular flexibility index (Phi) is 4.12. The number of aliphatic hydroxyl groups is 1. The molecule has 1 aromatic carbocycles. The quantitative estimate of drug-likeness (QED) is 0.792. The van der Waals surface area contributed by atoms with Crippen LogP contribution in [0.5, 0.6) is 0 Å². The van der Waals surface area contributed by atoms with Crippen LogP contribution < -0.4 is 0 Å². The van der Waals surface area contributed by atoms with E-state index in [2.05, 4.69) is 0 Å². The van der Waals surface area contributed by atoms with Crippen LogP contribution in [-0.4, -0.2) is 21.2 Å². The fraction of sp³-hybridized carbons (Fsp3) is 0.400. The second kappa shape index (κ2) is 5.14. The molecule has 3 heteroatoms. The summed E-state index contributed by atoms with van der Waals surface area (Å²) in [6.45, 7) is 1.66. The molecule has 2 unspecified atom stereocenters. The zero-order valence-electron chi connectivity index (χ0n) is 7.64. The number of rotatable bonds is 4. The fourth-order valence-electron chi connectivity index (χ4n) is 1.09. The first-order valence-electron chi connectivity index (χ1n) is 4.25. The van der Waals surface area contributed by atoms with Crippen LogP contribution in [-0.2, 0) is 16.6 Å². The summed E-state index contributed by atoms with van der Waals surface area (Å²) >= 11 is 0. The average molecular weight is 198 g/mol. The molecule has 0 heterocycles. The highest BCUT2D eigenvalue weighted by Crippen LogP contribution is 2.03. The van der Waals surface area contributed by atoms with Crippen LogP contribution in [0.25, 0.3) is 0 Å². The van der Waals surface area contributed by atoms with Gasteiger partial charge >= 0.3 is 0 Å². The van der Waals surface area contributed by atoms with Crippen LogP contribution in [0.1, 0.15) is 12.5 Å². The van der Waals surface area contributed by atoms with Crippen molar-refractivity contribution in [2.24, 2.45) is 0 Å². The predicted molar refractivity (Wildman–Crippen MR) is 54.8 cm³/mol. The molecule has 1 rings (SSSR count). The van der Waals surface area contributed by atoms with E-state index in [1.165, 1.54) is 0 Å². The summed E-state index contributed by atoms with van der Waals surface area (Å²) in [5, 5.41) is 9.01. The van der Waals surface area contributed by atoms with Gasteiger partial charge in [0.05, 0.1) is 6.10 Å². The highest BCUT2D eigenvalue weighted by molar-refractivity contribution is 7.84. The maximum Gasteiger partial charge on any atom is 0.0627 e. The lowest BCUT2D eigenvalue weighted by Crippen LogP contribution is -2.13. The Hall–Kier alpha value is -0.670. The van der Waals surface area contributed by atoms with Crippen LogP contribution in [0.2, 0.25) is 0 Å². The maximum absolute atomic E-state index is 11.4. The third-order valence-electron chi connectivity index (χ3n) is 1.60. The summed E-state index contributed by atoms with van der Waals surface area (Å²) in [7, 11) is -0.951. The van der Waals surface area contributed by atoms with Crippen molar-refractivity contribution in [1.29, 1.82) is 0 Å². The lowest BCUT2D eigenvalue weighted by molar-refractivity contribution is 0.219. The topological polar surface area (TPSA) is 37.3 Å². The van der Waals surface area contributed by atoms with Crippen LogP contribution in [0.4, 0.5) is 0 Å². The first kappa shape index (κ1) is 10.4. The normalized spacial score (nSPS) is 15.2. The molecule has 13 heavy (non-hydrogen) atoms. The van der Waals surface area contributed by atoms with E-state index in [4.69, 9.17) is 5.11 Å². The first-order valence-corrected chi connectivity index (χ1v) is 5.74. The van der Waals surface area contributed by atoms with Gasteiger partial charge in [0.1, 0.15) is 0 Å². The van der Waals surface area contributed by atoms with Gasteiger partial charge in [-0.05, 0) is 12.5 Å². The van der Waals surface area contributed by atoms with Gasteiger partial charge in [0.25, 0.3) is 0 Å². The Bertz CT molecular complexity index is 270. The molecule has 2 atom stereocenters. The van der Waals surface area contributed by atoms with Gasteiger partial charge in [-0.3, -0.25) is 4.21 Å². The minimum Gasteiger partial charge on any atom is -0.392 e. The zero-order valence-corrected chi connectivity index (χ0v) is 8.46. The molecule has 0 aliphatic carbocycles. The van der Waals surface area contributed by atoms with Crippen molar-refractivity contribution < 1.29 is 9.32 Å². The standard InChI is InChI=1S/C10H14O2S/c1-9(11)7-13(12)8-10-5-3-2-4-6-10/h2-6,9,11H,7-8H2,1H3. The van der Waals surface area contributed by atoms with Gasteiger partial charge in [0.2, 0.25) is 0 Å². The van der Waals surface area contributed by atoms with Gasteiger partial charge in [0.15, 0.2) is 0 Å². The molecule has 0 aliphatic rings. The molecular weight excluding hydrogens is 184 g/mol. The Morgan fingerprint density at radius 1 is 1.38 bits per heavy atom. The number of aliphatic hydroxyl groups excluding tert-OH is 1. The Labute approximate surface area is 81.1 Å². The second-order valence-electron chi connectivity index (χ2n) is 3.09. The second-order valence-corrected chi connectivity index (χ2v) is 4.59. The molecule has 0 aliphatic heterocycles. The molecule has 0 amide bonds. The summed E-state index contributed by atoms with van der Waals surface area (Å²) in [4.78, 5) is 0. The molecule has 1 N–H and O–H groups in total. The van der Waals surface area contributed by atoms with Gasteiger partial charge in [-0.25, -0.2) is 0 Å². The van der Waals surface area contributed by atoms with Crippen molar-refractivity contribution in [2.75, 3.05) is 5.75 Å². The SMILES string of the molecule is CC(O)CS(=O)Cc1ccccc1. The minimum absolute atomic E-state index is 0.356. The van der Waals surface area contributed by atoms with Gasteiger partial charge in [-0.1, -0.05) is 30.3 Å². The van der Waals surface area contributed by atoms with E-state index in [1.54, 1.807) is 6.92 Å². The Morgan fingerprint density at radius 2 is 2.00 bits per heavy atom. The van der Waals surface area contributed by atoms with Crippen molar-refractivity contribution >= 4 is 10.8 Å². The van der Waals surface area contributed by atoms with Crippen molar-refractivity contribution in [3.8, 4) is 0 Å². The molecule has 0 radical (unpaired) electrons. The van der Waals surface area contributed by atoms with E-state index in [0.29, 0.717) is 11.5 Å². The first-order chi connectivity index (χ1) is 6.18. The molecule has 0 saturated heterocycles. The van der Waals surface area contributed by atoms with Crippen LogP contribution in [0.15, 0.2) is 30.3 Å². The molecule has 0 saturated carbocycles. The van der Waals surface area contributed by atoms with E-state index in [9.17, 15) is 4.21 Å². The summed E-state index contributed by atoms with van der Waals surface area (Å²) in [6, 6.07) is 9.67. The van der Waals surface area contributed by atoms with Crippen molar-refractivity contribution in [3.63, 3.8) is 0 Å². The number of benzene rings is 1. The molecule has 0 bridgehead atoms. The average Bonchev–Trinajstić information content (AvgIpc) is 2.04. The third-order valence-corrected chi connectivity index (χ3v) is 3.11. The lowest BCUT2D eigenvalue weighted by Gasteiger charge is -2.04. The van der Waals surface area contributed by atoms with Crippen LogP contribution in [0, 0.1) is 0 Å². The summed E-state index contributed by atoms with van der Waals surface area (Å²) in [6.07, 6.45) is -0.482. The molecule has 2 nitrogen and oxygen atoms in total. The smallest absolute Gasteiger partial charge is 0.0627 e. The number of hydrogen-bond donors (Lipinski definition) is 1. The Morgan fingerprint density at radius 3 is 2.54 bits per heavy atom. The van der Waals surface area contributed by atoms with Crippen molar-refractivity contribution in [3.05, 3.63) is 35.9 Å².